The van der Waals surface area contributed by atoms with Crippen LogP contribution in [0.25, 0.3) is 0 Å². The highest BCUT2D eigenvalue weighted by Gasteiger charge is 2.31. The maximum atomic E-state index is 13.8. The van der Waals surface area contributed by atoms with Crippen molar-refractivity contribution < 1.29 is 28.7 Å². The number of hydrogen-bond donors (Lipinski definition) is 2. The molecule has 2 aromatic rings. The largest absolute Gasteiger partial charge is 0.491 e. The number of carbonyl (C=O) groups is 4. The van der Waals surface area contributed by atoms with Crippen molar-refractivity contribution in [3.8, 4) is 5.75 Å². The lowest BCUT2D eigenvalue weighted by molar-refractivity contribution is -0.138. The van der Waals surface area contributed by atoms with Crippen LogP contribution in [0.5, 0.6) is 5.75 Å². The summed E-state index contributed by atoms with van der Waals surface area (Å²) in [6.07, 6.45) is 1.64. The molecule has 1 aliphatic rings. The summed E-state index contributed by atoms with van der Waals surface area (Å²) in [4.78, 5) is 56.9. The molecule has 0 fully saturated rings. The zero-order chi connectivity index (χ0) is 28.9. The number of para-hydroxylation sites is 1. The summed E-state index contributed by atoms with van der Waals surface area (Å²) in [7, 11) is 3.11. The Hall–Kier alpha value is -3.92. The molecule has 1 aliphatic heterocycles. The van der Waals surface area contributed by atoms with Gasteiger partial charge in [-0.05, 0) is 24.1 Å². The van der Waals surface area contributed by atoms with E-state index in [2.05, 4.69) is 10.6 Å². The minimum absolute atomic E-state index is 0.161. The van der Waals surface area contributed by atoms with Gasteiger partial charge in [0.2, 0.25) is 17.7 Å². The molecule has 2 N–H and O–H groups in total. The standard InChI is InChI=1S/C30H40N4O6/c1-4-5-15-34-17-19-40-26-14-10-9-13-23(26)28(36)32-25(29(37)33(2)16-18-39-3)21-27(35)31-24(30(34)38)20-22-11-7-6-8-12-22/h6-14,24-25H,4-5,15-21H2,1-3H3,(H,31,35)(H,32,36)/t24-,25-/m0/s1. The molecule has 216 valence electrons. The van der Waals surface area contributed by atoms with Gasteiger partial charge in [0.05, 0.1) is 25.1 Å². The number of likely N-dealkylation sites (N-methyl/N-ethyl adjacent to an activating group) is 1. The highest BCUT2D eigenvalue weighted by molar-refractivity contribution is 6.01. The lowest BCUT2D eigenvalue weighted by Gasteiger charge is -2.30. The van der Waals surface area contributed by atoms with E-state index in [1.54, 1.807) is 36.2 Å². The molecule has 1 heterocycles. The normalized spacial score (nSPS) is 18.6. The molecule has 10 nitrogen and oxygen atoms in total. The van der Waals surface area contributed by atoms with Crippen LogP contribution < -0.4 is 15.4 Å². The van der Waals surface area contributed by atoms with Gasteiger partial charge in [-0.15, -0.1) is 0 Å². The first-order valence-corrected chi connectivity index (χ1v) is 13.7. The highest BCUT2D eigenvalue weighted by atomic mass is 16.5. The van der Waals surface area contributed by atoms with Crippen molar-refractivity contribution in [1.82, 2.24) is 20.4 Å². The molecular weight excluding hydrogens is 512 g/mol. The van der Waals surface area contributed by atoms with Crippen LogP contribution in [-0.2, 0) is 25.5 Å². The van der Waals surface area contributed by atoms with Crippen LogP contribution in [0.4, 0.5) is 0 Å². The molecule has 0 unspecified atom stereocenters. The molecule has 0 saturated carbocycles. The monoisotopic (exact) mass is 552 g/mol. The minimum atomic E-state index is -1.16. The van der Waals surface area contributed by atoms with E-state index in [1.165, 1.54) is 12.0 Å². The van der Waals surface area contributed by atoms with Gasteiger partial charge in [0.25, 0.3) is 5.91 Å². The first kappa shape index (κ1) is 30.6. The average Bonchev–Trinajstić information content (AvgIpc) is 2.96. The van der Waals surface area contributed by atoms with Crippen LogP contribution in [0.15, 0.2) is 54.6 Å². The quantitative estimate of drug-likeness (QED) is 0.492. The molecule has 0 spiro atoms. The van der Waals surface area contributed by atoms with E-state index in [4.69, 9.17) is 9.47 Å². The van der Waals surface area contributed by atoms with Crippen molar-refractivity contribution >= 4 is 23.6 Å². The fourth-order valence-electron chi connectivity index (χ4n) is 4.48. The Morgan fingerprint density at radius 1 is 1.07 bits per heavy atom. The Morgan fingerprint density at radius 2 is 1.80 bits per heavy atom. The number of unbranched alkanes of at least 4 members (excludes halogenated alkanes) is 1. The summed E-state index contributed by atoms with van der Waals surface area (Å²) >= 11 is 0. The number of nitrogens with one attached hydrogen (secondary N) is 2. The van der Waals surface area contributed by atoms with Crippen molar-refractivity contribution in [3.63, 3.8) is 0 Å². The third kappa shape index (κ3) is 8.81. The van der Waals surface area contributed by atoms with Crippen LogP contribution in [-0.4, -0.2) is 92.5 Å². The predicted molar refractivity (Wildman–Crippen MR) is 151 cm³/mol. The van der Waals surface area contributed by atoms with Gasteiger partial charge >= 0.3 is 0 Å². The number of ether oxygens (including phenoxy) is 2. The van der Waals surface area contributed by atoms with Gasteiger partial charge < -0.3 is 29.9 Å². The third-order valence-electron chi connectivity index (χ3n) is 6.76. The Kier molecular flexibility index (Phi) is 12.0. The second-order valence-corrected chi connectivity index (χ2v) is 9.82. The van der Waals surface area contributed by atoms with Crippen LogP contribution in [0.2, 0.25) is 0 Å². The molecular formula is C30H40N4O6. The van der Waals surface area contributed by atoms with Gasteiger partial charge in [0.1, 0.15) is 24.4 Å². The molecule has 0 bridgehead atoms. The van der Waals surface area contributed by atoms with Crippen LogP contribution in [0.1, 0.15) is 42.1 Å². The lowest BCUT2D eigenvalue weighted by Crippen LogP contribution is -2.54. The lowest BCUT2D eigenvalue weighted by atomic mass is 10.0. The molecule has 0 aliphatic carbocycles. The van der Waals surface area contributed by atoms with E-state index in [-0.39, 0.29) is 37.5 Å². The molecule has 3 rings (SSSR count). The van der Waals surface area contributed by atoms with E-state index in [9.17, 15) is 19.2 Å². The van der Waals surface area contributed by atoms with Gasteiger partial charge in [0, 0.05) is 33.7 Å². The SMILES string of the molecule is CCCCN1CCOc2ccccc2C(=O)N[C@H](C(=O)N(C)CCOC)CC(=O)N[C@@H](Cc2ccccc2)C1=O. The highest BCUT2D eigenvalue weighted by Crippen LogP contribution is 2.19. The maximum Gasteiger partial charge on any atom is 0.255 e. The fourth-order valence-corrected chi connectivity index (χ4v) is 4.48. The van der Waals surface area contributed by atoms with Crippen LogP contribution in [0, 0.1) is 0 Å². The van der Waals surface area contributed by atoms with Gasteiger partial charge in [-0.1, -0.05) is 55.8 Å². The number of fused-ring (bicyclic) bond motifs is 1. The van der Waals surface area contributed by atoms with Crippen molar-refractivity contribution in [2.45, 2.75) is 44.7 Å². The number of methoxy groups -OCH3 is 1. The maximum absolute atomic E-state index is 13.8. The second kappa shape index (κ2) is 15.6. The average molecular weight is 553 g/mol. The number of carbonyl (C=O) groups excluding carboxylic acids is 4. The van der Waals surface area contributed by atoms with Crippen molar-refractivity contribution in [2.75, 3.05) is 47.0 Å². The topological polar surface area (TPSA) is 117 Å². The third-order valence-corrected chi connectivity index (χ3v) is 6.76. The number of nitrogens with zero attached hydrogens (tertiary/aromatic N) is 2. The van der Waals surface area contributed by atoms with Crippen LogP contribution in [0.3, 0.4) is 0 Å². The molecule has 0 radical (unpaired) electrons. The molecule has 0 saturated heterocycles. The first-order chi connectivity index (χ1) is 19.3. The van der Waals surface area contributed by atoms with Crippen molar-refractivity contribution in [2.24, 2.45) is 0 Å². The minimum Gasteiger partial charge on any atom is -0.491 e. The van der Waals surface area contributed by atoms with Gasteiger partial charge in [0.15, 0.2) is 0 Å². The van der Waals surface area contributed by atoms with E-state index in [0.29, 0.717) is 25.4 Å². The van der Waals surface area contributed by atoms with Crippen molar-refractivity contribution in [3.05, 3.63) is 65.7 Å². The molecule has 10 heteroatoms. The molecule has 40 heavy (non-hydrogen) atoms. The van der Waals surface area contributed by atoms with E-state index in [0.717, 1.165) is 18.4 Å². The smallest absolute Gasteiger partial charge is 0.255 e. The van der Waals surface area contributed by atoms with Gasteiger partial charge in [-0.2, -0.15) is 0 Å². The molecule has 4 amide bonds. The predicted octanol–water partition coefficient (Wildman–Crippen LogP) is 2.03. The Balaban J connectivity index is 1.96. The van der Waals surface area contributed by atoms with E-state index in [1.807, 2.05) is 37.3 Å². The Morgan fingerprint density at radius 3 is 2.52 bits per heavy atom. The summed E-state index contributed by atoms with van der Waals surface area (Å²) in [6.45, 7) is 3.59. The summed E-state index contributed by atoms with van der Waals surface area (Å²) in [5.41, 5.74) is 1.13. The molecule has 2 aromatic carbocycles. The summed E-state index contributed by atoms with van der Waals surface area (Å²) in [5, 5.41) is 5.58. The molecule has 0 aromatic heterocycles. The van der Waals surface area contributed by atoms with Crippen molar-refractivity contribution in [1.29, 1.82) is 0 Å². The number of amides is 4. The summed E-state index contributed by atoms with van der Waals surface area (Å²) < 4.78 is 11.1. The van der Waals surface area contributed by atoms with E-state index >= 15 is 0 Å². The Bertz CT molecular complexity index is 1140. The second-order valence-electron chi connectivity index (χ2n) is 9.82. The molecule has 2 atom stereocenters. The zero-order valence-electron chi connectivity index (χ0n) is 23.6. The zero-order valence-corrected chi connectivity index (χ0v) is 23.6. The number of hydrogen-bond acceptors (Lipinski definition) is 6. The van der Waals surface area contributed by atoms with Gasteiger partial charge in [-0.3, -0.25) is 19.2 Å². The fraction of sp³-hybridized carbons (Fsp3) is 0.467. The van der Waals surface area contributed by atoms with Crippen LogP contribution >= 0.6 is 0 Å². The summed E-state index contributed by atoms with van der Waals surface area (Å²) in [5.74, 6) is -1.36. The van der Waals surface area contributed by atoms with Gasteiger partial charge in [-0.25, -0.2) is 0 Å². The van der Waals surface area contributed by atoms with E-state index < -0.39 is 29.8 Å². The number of rotatable bonds is 9. The first-order valence-electron chi connectivity index (χ1n) is 13.7. The summed E-state index contributed by atoms with van der Waals surface area (Å²) in [6, 6.07) is 14.2. The number of benzene rings is 2. The Labute approximate surface area is 236 Å².